The fourth-order valence-electron chi connectivity index (χ4n) is 1.12. The molecule has 0 unspecified atom stereocenters. The summed E-state index contributed by atoms with van der Waals surface area (Å²) in [6, 6.07) is 3.29. The Morgan fingerprint density at radius 1 is 1.38 bits per heavy atom. The number of aryl methyl sites for hydroxylation is 1. The Morgan fingerprint density at radius 2 is 2.00 bits per heavy atom. The molecular formula is C10H15FN2. The molecule has 0 bridgehead atoms. The zero-order chi connectivity index (χ0) is 10.0. The first-order valence-electron chi connectivity index (χ1n) is 4.33. The Balaban J connectivity index is 3.01. The summed E-state index contributed by atoms with van der Waals surface area (Å²) in [4.78, 5) is 0. The van der Waals surface area contributed by atoms with Gasteiger partial charge in [0.15, 0.2) is 0 Å². The van der Waals surface area contributed by atoms with Crippen LogP contribution in [-0.4, -0.2) is 6.04 Å². The highest BCUT2D eigenvalue weighted by atomic mass is 19.1. The Bertz CT molecular complexity index is 308. The van der Waals surface area contributed by atoms with E-state index in [9.17, 15) is 4.39 Å². The lowest BCUT2D eigenvalue weighted by Crippen LogP contribution is -2.11. The number of hydrogen-bond donors (Lipinski definition) is 2. The molecule has 0 atom stereocenters. The van der Waals surface area contributed by atoms with Crippen LogP contribution in [0.4, 0.5) is 15.8 Å². The van der Waals surface area contributed by atoms with E-state index in [0.29, 0.717) is 11.4 Å². The molecule has 0 amide bonds. The van der Waals surface area contributed by atoms with Crippen LogP contribution < -0.4 is 11.1 Å². The van der Waals surface area contributed by atoms with Crippen LogP contribution in [0, 0.1) is 12.7 Å². The molecule has 0 aliphatic rings. The molecular weight excluding hydrogens is 167 g/mol. The number of nitrogens with one attached hydrogen (secondary N) is 1. The van der Waals surface area contributed by atoms with Crippen molar-refractivity contribution in [3.05, 3.63) is 23.5 Å². The van der Waals surface area contributed by atoms with Crippen molar-refractivity contribution < 1.29 is 4.39 Å². The maximum atomic E-state index is 13.2. The summed E-state index contributed by atoms with van der Waals surface area (Å²) < 4.78 is 13.2. The van der Waals surface area contributed by atoms with Gasteiger partial charge in [-0.15, -0.1) is 0 Å². The smallest absolute Gasteiger partial charge is 0.148 e. The van der Waals surface area contributed by atoms with Gasteiger partial charge in [-0.05, 0) is 38.5 Å². The summed E-state index contributed by atoms with van der Waals surface area (Å²) in [5.41, 5.74) is 7.45. The van der Waals surface area contributed by atoms with Gasteiger partial charge in [0, 0.05) is 11.7 Å². The molecule has 0 saturated carbocycles. The molecule has 0 saturated heterocycles. The first-order valence-corrected chi connectivity index (χ1v) is 4.33. The molecule has 0 aliphatic carbocycles. The van der Waals surface area contributed by atoms with Crippen molar-refractivity contribution in [2.75, 3.05) is 11.1 Å². The predicted octanol–water partition coefficient (Wildman–Crippen LogP) is 2.54. The molecule has 0 radical (unpaired) electrons. The van der Waals surface area contributed by atoms with Gasteiger partial charge >= 0.3 is 0 Å². The van der Waals surface area contributed by atoms with E-state index in [1.807, 2.05) is 20.8 Å². The van der Waals surface area contributed by atoms with E-state index in [1.54, 1.807) is 6.07 Å². The average molecular weight is 182 g/mol. The minimum Gasteiger partial charge on any atom is -0.398 e. The lowest BCUT2D eigenvalue weighted by Gasteiger charge is -2.12. The van der Waals surface area contributed by atoms with Crippen LogP contribution in [-0.2, 0) is 0 Å². The van der Waals surface area contributed by atoms with Gasteiger partial charge in [-0.1, -0.05) is 0 Å². The van der Waals surface area contributed by atoms with Crippen LogP contribution in [0.2, 0.25) is 0 Å². The van der Waals surface area contributed by atoms with E-state index in [1.165, 1.54) is 6.07 Å². The minimum atomic E-state index is -0.295. The van der Waals surface area contributed by atoms with E-state index >= 15 is 0 Å². The number of benzene rings is 1. The number of hydrogen-bond acceptors (Lipinski definition) is 2. The Hall–Kier alpha value is -1.25. The maximum Gasteiger partial charge on any atom is 0.148 e. The van der Waals surface area contributed by atoms with Gasteiger partial charge in [0.25, 0.3) is 0 Å². The Labute approximate surface area is 77.9 Å². The fourth-order valence-corrected chi connectivity index (χ4v) is 1.12. The summed E-state index contributed by atoms with van der Waals surface area (Å²) in [5, 5.41) is 3.01. The molecule has 0 aliphatic heterocycles. The molecule has 0 heterocycles. The fraction of sp³-hybridized carbons (Fsp3) is 0.400. The van der Waals surface area contributed by atoms with Gasteiger partial charge in [0.1, 0.15) is 5.82 Å². The highest BCUT2D eigenvalue weighted by molar-refractivity contribution is 5.58. The zero-order valence-electron chi connectivity index (χ0n) is 8.19. The van der Waals surface area contributed by atoms with Gasteiger partial charge in [-0.3, -0.25) is 0 Å². The third kappa shape index (κ3) is 2.34. The molecule has 1 aromatic rings. The third-order valence-electron chi connectivity index (χ3n) is 1.80. The summed E-state index contributed by atoms with van der Waals surface area (Å²) in [6.45, 7) is 5.79. The molecule has 0 aromatic heterocycles. The highest BCUT2D eigenvalue weighted by Crippen LogP contribution is 2.21. The normalized spacial score (nSPS) is 10.5. The quantitative estimate of drug-likeness (QED) is 0.690. The number of halogens is 1. The van der Waals surface area contributed by atoms with Crippen LogP contribution in [0.25, 0.3) is 0 Å². The second-order valence-electron chi connectivity index (χ2n) is 3.49. The van der Waals surface area contributed by atoms with Crippen LogP contribution in [0.3, 0.4) is 0 Å². The van der Waals surface area contributed by atoms with Crippen LogP contribution >= 0.6 is 0 Å². The Morgan fingerprint density at radius 3 is 2.54 bits per heavy atom. The van der Waals surface area contributed by atoms with E-state index in [4.69, 9.17) is 5.73 Å². The van der Waals surface area contributed by atoms with Crippen molar-refractivity contribution in [2.45, 2.75) is 26.8 Å². The van der Waals surface area contributed by atoms with Gasteiger partial charge < -0.3 is 11.1 Å². The summed E-state index contributed by atoms with van der Waals surface area (Å²) >= 11 is 0. The Kier molecular flexibility index (Phi) is 2.76. The van der Waals surface area contributed by atoms with Crippen molar-refractivity contribution in [3.63, 3.8) is 0 Å². The largest absolute Gasteiger partial charge is 0.398 e. The van der Waals surface area contributed by atoms with Gasteiger partial charge in [0.05, 0.1) is 5.69 Å². The molecule has 0 spiro atoms. The molecule has 2 nitrogen and oxygen atoms in total. The zero-order valence-corrected chi connectivity index (χ0v) is 8.19. The van der Waals surface area contributed by atoms with Gasteiger partial charge in [-0.25, -0.2) is 4.39 Å². The van der Waals surface area contributed by atoms with E-state index < -0.39 is 0 Å². The number of anilines is 2. The monoisotopic (exact) mass is 182 g/mol. The lowest BCUT2D eigenvalue weighted by atomic mass is 10.1. The number of rotatable bonds is 2. The van der Waals surface area contributed by atoms with E-state index in [0.717, 1.165) is 5.56 Å². The molecule has 0 fully saturated rings. The SMILES string of the molecule is Cc1cc(NC(C)C)c(F)cc1N. The van der Waals surface area contributed by atoms with Gasteiger partial charge in [-0.2, -0.15) is 0 Å². The second kappa shape index (κ2) is 3.64. The summed E-state index contributed by atoms with van der Waals surface area (Å²) in [5.74, 6) is -0.295. The van der Waals surface area contributed by atoms with Crippen molar-refractivity contribution in [1.29, 1.82) is 0 Å². The topological polar surface area (TPSA) is 38.0 Å². The molecule has 1 aromatic carbocycles. The second-order valence-corrected chi connectivity index (χ2v) is 3.49. The molecule has 13 heavy (non-hydrogen) atoms. The number of nitrogens with two attached hydrogens (primary N) is 1. The molecule has 3 heteroatoms. The third-order valence-corrected chi connectivity index (χ3v) is 1.80. The molecule has 72 valence electrons. The van der Waals surface area contributed by atoms with Crippen LogP contribution in [0.15, 0.2) is 12.1 Å². The van der Waals surface area contributed by atoms with Crippen LogP contribution in [0.1, 0.15) is 19.4 Å². The lowest BCUT2D eigenvalue weighted by molar-refractivity contribution is 0.628. The first-order chi connectivity index (χ1) is 6.00. The average Bonchev–Trinajstić information content (AvgIpc) is 1.99. The first kappa shape index (κ1) is 9.84. The van der Waals surface area contributed by atoms with Crippen molar-refractivity contribution >= 4 is 11.4 Å². The highest BCUT2D eigenvalue weighted by Gasteiger charge is 2.05. The van der Waals surface area contributed by atoms with Crippen molar-refractivity contribution in [1.82, 2.24) is 0 Å². The van der Waals surface area contributed by atoms with Crippen molar-refractivity contribution in [3.8, 4) is 0 Å². The predicted molar refractivity (Wildman–Crippen MR) is 54.3 cm³/mol. The standard InChI is InChI=1S/C10H15FN2/c1-6(2)13-10-4-7(3)9(12)5-8(10)11/h4-6,13H,12H2,1-3H3. The van der Waals surface area contributed by atoms with Gasteiger partial charge in [0.2, 0.25) is 0 Å². The number of nitrogen functional groups attached to an aromatic ring is 1. The summed E-state index contributed by atoms with van der Waals surface area (Å²) in [6.07, 6.45) is 0. The molecule has 1 rings (SSSR count). The van der Waals surface area contributed by atoms with E-state index in [-0.39, 0.29) is 11.9 Å². The van der Waals surface area contributed by atoms with E-state index in [2.05, 4.69) is 5.32 Å². The maximum absolute atomic E-state index is 13.2. The molecule has 3 N–H and O–H groups in total. The minimum absolute atomic E-state index is 0.220. The van der Waals surface area contributed by atoms with Crippen LogP contribution in [0.5, 0.6) is 0 Å². The van der Waals surface area contributed by atoms with Crippen molar-refractivity contribution in [2.24, 2.45) is 0 Å². The summed E-state index contributed by atoms with van der Waals surface area (Å²) in [7, 11) is 0.